The van der Waals surface area contributed by atoms with Crippen LogP contribution in [0, 0.1) is 3.57 Å². The quantitative estimate of drug-likeness (QED) is 0.273. The van der Waals surface area contributed by atoms with Crippen molar-refractivity contribution >= 4 is 28.6 Å². The van der Waals surface area contributed by atoms with Gasteiger partial charge in [-0.15, -0.1) is 0 Å². The third-order valence-electron chi connectivity index (χ3n) is 3.44. The van der Waals surface area contributed by atoms with Gasteiger partial charge in [0.25, 0.3) is 0 Å². The SMILES string of the molecule is CC(C)=CCc1cc(I)ccc1OC(=O)CCc1ccccc1. The van der Waals surface area contributed by atoms with Crippen molar-refractivity contribution in [3.05, 3.63) is 74.9 Å². The first-order valence-electron chi connectivity index (χ1n) is 7.71. The molecule has 0 N–H and O–H groups in total. The summed E-state index contributed by atoms with van der Waals surface area (Å²) in [6.07, 6.45) is 4.01. The maximum absolute atomic E-state index is 12.1. The third kappa shape index (κ3) is 6.18. The Hall–Kier alpha value is -1.62. The smallest absolute Gasteiger partial charge is 0.311 e. The minimum atomic E-state index is -0.187. The van der Waals surface area contributed by atoms with Gasteiger partial charge in [-0.3, -0.25) is 4.79 Å². The molecule has 0 bridgehead atoms. The van der Waals surface area contributed by atoms with Gasteiger partial charge < -0.3 is 4.74 Å². The lowest BCUT2D eigenvalue weighted by Gasteiger charge is -2.10. The Morgan fingerprint density at radius 2 is 1.87 bits per heavy atom. The van der Waals surface area contributed by atoms with E-state index in [0.717, 1.165) is 21.1 Å². The number of allylic oxidation sites excluding steroid dienone is 2. The molecule has 0 heterocycles. The topological polar surface area (TPSA) is 26.3 Å². The maximum atomic E-state index is 12.1. The highest BCUT2D eigenvalue weighted by Gasteiger charge is 2.10. The molecule has 0 radical (unpaired) electrons. The van der Waals surface area contributed by atoms with Crippen molar-refractivity contribution in [3.8, 4) is 5.75 Å². The van der Waals surface area contributed by atoms with Gasteiger partial charge in [0.2, 0.25) is 0 Å². The summed E-state index contributed by atoms with van der Waals surface area (Å²) >= 11 is 2.28. The van der Waals surface area contributed by atoms with Crippen molar-refractivity contribution in [1.29, 1.82) is 0 Å². The Kier molecular flexibility index (Phi) is 6.84. The molecule has 120 valence electrons. The van der Waals surface area contributed by atoms with Crippen molar-refractivity contribution in [2.75, 3.05) is 0 Å². The minimum absolute atomic E-state index is 0.187. The highest BCUT2D eigenvalue weighted by atomic mass is 127. The molecule has 2 nitrogen and oxygen atoms in total. The first kappa shape index (κ1) is 17.7. The summed E-state index contributed by atoms with van der Waals surface area (Å²) in [7, 11) is 0. The molecular formula is C20H21IO2. The van der Waals surface area contributed by atoms with Crippen LogP contribution in [0.5, 0.6) is 5.75 Å². The minimum Gasteiger partial charge on any atom is -0.426 e. The van der Waals surface area contributed by atoms with Crippen LogP contribution in [0.15, 0.2) is 60.2 Å². The third-order valence-corrected chi connectivity index (χ3v) is 4.11. The highest BCUT2D eigenvalue weighted by Crippen LogP contribution is 2.23. The van der Waals surface area contributed by atoms with E-state index in [-0.39, 0.29) is 5.97 Å². The number of rotatable bonds is 6. The highest BCUT2D eigenvalue weighted by molar-refractivity contribution is 14.1. The van der Waals surface area contributed by atoms with Crippen molar-refractivity contribution in [3.63, 3.8) is 0 Å². The molecule has 2 rings (SSSR count). The molecule has 0 aliphatic rings. The lowest BCUT2D eigenvalue weighted by atomic mass is 10.1. The average Bonchev–Trinajstić information content (AvgIpc) is 2.54. The van der Waals surface area contributed by atoms with Crippen LogP contribution in [0.2, 0.25) is 0 Å². The second-order valence-electron chi connectivity index (χ2n) is 5.70. The zero-order valence-electron chi connectivity index (χ0n) is 13.5. The molecule has 0 spiro atoms. The van der Waals surface area contributed by atoms with Crippen LogP contribution in [0.25, 0.3) is 0 Å². The molecule has 0 saturated carbocycles. The number of esters is 1. The Morgan fingerprint density at radius 3 is 2.57 bits per heavy atom. The average molecular weight is 420 g/mol. The lowest BCUT2D eigenvalue weighted by molar-refractivity contribution is -0.134. The predicted octanol–water partition coefficient (Wildman–Crippen LogP) is 5.34. The summed E-state index contributed by atoms with van der Waals surface area (Å²) in [5.41, 5.74) is 3.45. The summed E-state index contributed by atoms with van der Waals surface area (Å²) in [5.74, 6) is 0.481. The van der Waals surface area contributed by atoms with Gasteiger partial charge >= 0.3 is 5.97 Å². The number of aryl methyl sites for hydroxylation is 1. The molecule has 0 atom stereocenters. The Balaban J connectivity index is 2.01. The van der Waals surface area contributed by atoms with Crippen LogP contribution < -0.4 is 4.74 Å². The van der Waals surface area contributed by atoms with E-state index in [9.17, 15) is 4.79 Å². The van der Waals surface area contributed by atoms with Gasteiger partial charge in [-0.05, 0) is 78.6 Å². The Bertz CT molecular complexity index is 686. The Morgan fingerprint density at radius 1 is 1.13 bits per heavy atom. The van der Waals surface area contributed by atoms with Crippen LogP contribution >= 0.6 is 22.6 Å². The van der Waals surface area contributed by atoms with Gasteiger partial charge in [0.15, 0.2) is 0 Å². The van der Waals surface area contributed by atoms with Crippen LogP contribution in [0.3, 0.4) is 0 Å². The number of benzene rings is 2. The van der Waals surface area contributed by atoms with Gasteiger partial charge in [-0.25, -0.2) is 0 Å². The van der Waals surface area contributed by atoms with E-state index in [2.05, 4.69) is 48.6 Å². The maximum Gasteiger partial charge on any atom is 0.311 e. The lowest BCUT2D eigenvalue weighted by Crippen LogP contribution is -2.10. The van der Waals surface area contributed by atoms with Crippen molar-refractivity contribution < 1.29 is 9.53 Å². The molecule has 2 aromatic rings. The summed E-state index contributed by atoms with van der Waals surface area (Å²) < 4.78 is 6.73. The Labute approximate surface area is 151 Å². The molecule has 0 amide bonds. The molecule has 0 aromatic heterocycles. The second-order valence-corrected chi connectivity index (χ2v) is 6.94. The summed E-state index contributed by atoms with van der Waals surface area (Å²) in [6, 6.07) is 15.9. The van der Waals surface area contributed by atoms with Crippen LogP contribution in [-0.2, 0) is 17.6 Å². The summed E-state index contributed by atoms with van der Waals surface area (Å²) in [5, 5.41) is 0. The molecule has 23 heavy (non-hydrogen) atoms. The molecule has 3 heteroatoms. The van der Waals surface area contributed by atoms with Gasteiger partial charge in [-0.1, -0.05) is 42.0 Å². The van der Waals surface area contributed by atoms with Gasteiger partial charge in [-0.2, -0.15) is 0 Å². The number of ether oxygens (including phenoxy) is 1. The first-order valence-corrected chi connectivity index (χ1v) is 8.79. The molecule has 2 aromatic carbocycles. The second kappa shape index (κ2) is 8.87. The van der Waals surface area contributed by atoms with Crippen LogP contribution in [-0.4, -0.2) is 5.97 Å². The fourth-order valence-electron chi connectivity index (χ4n) is 2.19. The number of hydrogen-bond donors (Lipinski definition) is 0. The van der Waals surface area contributed by atoms with Crippen molar-refractivity contribution in [2.24, 2.45) is 0 Å². The van der Waals surface area contributed by atoms with E-state index in [0.29, 0.717) is 18.6 Å². The fourth-order valence-corrected chi connectivity index (χ4v) is 2.74. The standard InChI is InChI=1S/C20H21IO2/c1-15(2)8-10-17-14-18(21)11-12-19(17)23-20(22)13-9-16-6-4-3-5-7-16/h3-8,11-12,14H,9-10,13H2,1-2H3. The first-order chi connectivity index (χ1) is 11.0. The largest absolute Gasteiger partial charge is 0.426 e. The van der Waals surface area contributed by atoms with Crippen molar-refractivity contribution in [1.82, 2.24) is 0 Å². The fraction of sp³-hybridized carbons (Fsp3) is 0.250. The predicted molar refractivity (Wildman–Crippen MR) is 103 cm³/mol. The van der Waals surface area contributed by atoms with E-state index in [1.807, 2.05) is 42.5 Å². The van der Waals surface area contributed by atoms with E-state index in [4.69, 9.17) is 4.74 Å². The molecular weight excluding hydrogens is 399 g/mol. The van der Waals surface area contributed by atoms with Crippen LogP contribution in [0.4, 0.5) is 0 Å². The van der Waals surface area contributed by atoms with Gasteiger partial charge in [0, 0.05) is 9.99 Å². The monoisotopic (exact) mass is 420 g/mol. The molecule has 0 aliphatic heterocycles. The van der Waals surface area contributed by atoms with Crippen LogP contribution in [0.1, 0.15) is 31.4 Å². The molecule has 0 saturated heterocycles. The van der Waals surface area contributed by atoms with E-state index in [1.54, 1.807) is 0 Å². The summed E-state index contributed by atoms with van der Waals surface area (Å²) in [6.45, 7) is 4.14. The summed E-state index contributed by atoms with van der Waals surface area (Å²) in [4.78, 5) is 12.1. The zero-order chi connectivity index (χ0) is 16.7. The number of halogens is 1. The van der Waals surface area contributed by atoms with Gasteiger partial charge in [0.1, 0.15) is 5.75 Å². The molecule has 0 fully saturated rings. The number of carbonyl (C=O) groups excluding carboxylic acids is 1. The molecule has 0 aliphatic carbocycles. The van der Waals surface area contributed by atoms with Crippen molar-refractivity contribution in [2.45, 2.75) is 33.1 Å². The normalized spacial score (nSPS) is 10.2. The zero-order valence-corrected chi connectivity index (χ0v) is 15.7. The van der Waals surface area contributed by atoms with E-state index < -0.39 is 0 Å². The number of hydrogen-bond acceptors (Lipinski definition) is 2. The number of carbonyl (C=O) groups is 1. The molecule has 0 unspecified atom stereocenters. The van der Waals surface area contributed by atoms with E-state index >= 15 is 0 Å². The van der Waals surface area contributed by atoms with Gasteiger partial charge in [0.05, 0.1) is 0 Å². The van der Waals surface area contributed by atoms with E-state index in [1.165, 1.54) is 5.57 Å².